The molecule has 100 valence electrons. The molecule has 0 saturated carbocycles. The molecule has 0 saturated heterocycles. The van der Waals surface area contributed by atoms with E-state index in [0.29, 0.717) is 0 Å². The second-order valence-electron chi connectivity index (χ2n) is 3.15. The fraction of sp³-hybridized carbons (Fsp3) is 0.0714. The monoisotopic (exact) mass is 259 g/mol. The molecule has 5 nitrogen and oxygen atoms in total. The van der Waals surface area contributed by atoms with Crippen LogP contribution in [0.25, 0.3) is 6.08 Å². The molecule has 1 heterocycles. The maximum absolute atomic E-state index is 10.5. The van der Waals surface area contributed by atoms with Crippen molar-refractivity contribution in [1.82, 2.24) is 15.6 Å². The van der Waals surface area contributed by atoms with Crippen molar-refractivity contribution >= 4 is 17.9 Å². The first-order chi connectivity index (χ1) is 9.13. The summed E-state index contributed by atoms with van der Waals surface area (Å²) in [6, 6.07) is 3.82. The Bertz CT molecular complexity index is 421. The van der Waals surface area contributed by atoms with Crippen molar-refractivity contribution in [2.24, 2.45) is 0 Å². The van der Waals surface area contributed by atoms with Gasteiger partial charge in [0.1, 0.15) is 0 Å². The number of pyridine rings is 1. The molecule has 1 rings (SSSR count). The smallest absolute Gasteiger partial charge is 0.244 e. The van der Waals surface area contributed by atoms with E-state index in [1.807, 2.05) is 12.1 Å². The number of amides is 2. The molecule has 0 aliphatic rings. The largest absolute Gasteiger partial charge is 0.335 e. The van der Waals surface area contributed by atoms with Gasteiger partial charge in [0.2, 0.25) is 11.8 Å². The van der Waals surface area contributed by atoms with Gasteiger partial charge in [0.25, 0.3) is 0 Å². The van der Waals surface area contributed by atoms with E-state index in [4.69, 9.17) is 0 Å². The minimum Gasteiger partial charge on any atom is -0.335 e. The molecule has 1 aromatic rings. The number of aromatic nitrogens is 1. The Morgan fingerprint density at radius 2 is 1.53 bits per heavy atom. The summed E-state index contributed by atoms with van der Waals surface area (Å²) in [4.78, 5) is 24.8. The number of rotatable bonds is 5. The maximum Gasteiger partial charge on any atom is 0.244 e. The van der Waals surface area contributed by atoms with E-state index < -0.39 is 0 Å². The van der Waals surface area contributed by atoms with Crippen LogP contribution in [-0.4, -0.2) is 23.5 Å². The Morgan fingerprint density at radius 3 is 1.84 bits per heavy atom. The normalized spacial score (nSPS) is 8.21. The lowest BCUT2D eigenvalue weighted by atomic mass is 10.3. The lowest BCUT2D eigenvalue weighted by Crippen LogP contribution is -2.35. The summed E-state index contributed by atoms with van der Waals surface area (Å²) in [6.07, 6.45) is 7.54. The molecule has 19 heavy (non-hydrogen) atoms. The van der Waals surface area contributed by atoms with Crippen molar-refractivity contribution < 1.29 is 9.59 Å². The van der Waals surface area contributed by atoms with Gasteiger partial charge in [0.05, 0.1) is 6.67 Å². The van der Waals surface area contributed by atoms with Crippen LogP contribution in [0.2, 0.25) is 0 Å². The highest BCUT2D eigenvalue weighted by atomic mass is 16.2. The molecule has 0 radical (unpaired) electrons. The van der Waals surface area contributed by atoms with Crippen molar-refractivity contribution in [3.05, 3.63) is 62.0 Å². The number of carbonyl (C=O) groups is 2. The highest BCUT2D eigenvalue weighted by Gasteiger charge is 1.93. The van der Waals surface area contributed by atoms with Crippen molar-refractivity contribution in [2.75, 3.05) is 6.67 Å². The van der Waals surface area contributed by atoms with Crippen molar-refractivity contribution in [1.29, 1.82) is 0 Å². The fourth-order valence-corrected chi connectivity index (χ4v) is 0.862. The first-order valence-electron chi connectivity index (χ1n) is 5.47. The molecule has 0 unspecified atom stereocenters. The van der Waals surface area contributed by atoms with Gasteiger partial charge < -0.3 is 10.6 Å². The summed E-state index contributed by atoms with van der Waals surface area (Å²) >= 11 is 0. The van der Waals surface area contributed by atoms with Crippen LogP contribution in [0.3, 0.4) is 0 Å². The summed E-state index contributed by atoms with van der Waals surface area (Å²) in [7, 11) is 0. The van der Waals surface area contributed by atoms with E-state index in [0.717, 1.165) is 17.7 Å². The SMILES string of the molecule is C=CC(=O)NCNC(=O)C=C.C=Cc1ccncc1. The Balaban J connectivity index is 0.000000356. The maximum atomic E-state index is 10.5. The second-order valence-corrected chi connectivity index (χ2v) is 3.15. The quantitative estimate of drug-likeness (QED) is 0.618. The zero-order chi connectivity index (χ0) is 14.5. The predicted octanol–water partition coefficient (Wildman–Crippen LogP) is 1.27. The van der Waals surface area contributed by atoms with Crippen LogP contribution in [0.4, 0.5) is 0 Å². The zero-order valence-corrected chi connectivity index (χ0v) is 10.6. The zero-order valence-electron chi connectivity index (χ0n) is 10.6. The summed E-state index contributed by atoms with van der Waals surface area (Å²) < 4.78 is 0. The Hall–Kier alpha value is -2.69. The van der Waals surface area contributed by atoms with Crippen LogP contribution in [0.5, 0.6) is 0 Å². The molecule has 0 atom stereocenters. The van der Waals surface area contributed by atoms with Gasteiger partial charge >= 0.3 is 0 Å². The van der Waals surface area contributed by atoms with E-state index in [2.05, 4.69) is 35.4 Å². The number of hydrogen-bond donors (Lipinski definition) is 2. The third-order valence-corrected chi connectivity index (χ3v) is 1.84. The van der Waals surface area contributed by atoms with Crippen LogP contribution in [0.15, 0.2) is 56.4 Å². The lowest BCUT2D eigenvalue weighted by molar-refractivity contribution is -0.118. The van der Waals surface area contributed by atoms with Crippen LogP contribution in [-0.2, 0) is 9.59 Å². The standard InChI is InChI=1S/C7H10N2O2.C7H7N/c1-3-6(10)8-5-9-7(11)4-2;1-2-7-3-5-8-6-4-7/h3-4H,1-2,5H2,(H,8,10)(H,9,11);2-6H,1H2. The van der Waals surface area contributed by atoms with Crippen molar-refractivity contribution in [2.45, 2.75) is 0 Å². The third-order valence-electron chi connectivity index (χ3n) is 1.84. The second kappa shape index (κ2) is 10.5. The van der Waals surface area contributed by atoms with E-state index in [9.17, 15) is 9.59 Å². The van der Waals surface area contributed by atoms with Gasteiger partial charge in [-0.25, -0.2) is 0 Å². The molecule has 0 bridgehead atoms. The molecule has 0 spiro atoms. The van der Waals surface area contributed by atoms with Crippen LogP contribution >= 0.6 is 0 Å². The van der Waals surface area contributed by atoms with Gasteiger partial charge in [-0.3, -0.25) is 14.6 Å². The minimum absolute atomic E-state index is 0.0930. The molecule has 0 aliphatic carbocycles. The number of nitrogens with zero attached hydrogens (tertiary/aromatic N) is 1. The van der Waals surface area contributed by atoms with Crippen molar-refractivity contribution in [3.8, 4) is 0 Å². The van der Waals surface area contributed by atoms with Gasteiger partial charge in [-0.1, -0.05) is 25.8 Å². The minimum atomic E-state index is -0.325. The summed E-state index contributed by atoms with van der Waals surface area (Å²) in [6.45, 7) is 10.2. The Kier molecular flexibility index (Phi) is 8.98. The van der Waals surface area contributed by atoms with Crippen LogP contribution in [0.1, 0.15) is 5.56 Å². The summed E-state index contributed by atoms with van der Waals surface area (Å²) in [5, 5.41) is 4.72. The predicted molar refractivity (Wildman–Crippen MR) is 75.9 cm³/mol. The molecule has 0 aromatic carbocycles. The van der Waals surface area contributed by atoms with Crippen molar-refractivity contribution in [3.63, 3.8) is 0 Å². The molecule has 5 heteroatoms. The molecule has 0 fully saturated rings. The Morgan fingerprint density at radius 1 is 1.05 bits per heavy atom. The van der Waals surface area contributed by atoms with E-state index in [1.165, 1.54) is 0 Å². The molecule has 1 aromatic heterocycles. The average molecular weight is 259 g/mol. The molecular formula is C14H17N3O2. The van der Waals surface area contributed by atoms with Gasteiger partial charge in [0, 0.05) is 12.4 Å². The Labute approximate surface area is 112 Å². The number of carbonyl (C=O) groups excluding carboxylic acids is 2. The van der Waals surface area contributed by atoms with Gasteiger partial charge in [-0.15, -0.1) is 0 Å². The highest BCUT2D eigenvalue weighted by Crippen LogP contribution is 1.94. The summed E-state index contributed by atoms with van der Waals surface area (Å²) in [5.74, 6) is -0.649. The van der Waals surface area contributed by atoms with Gasteiger partial charge in [0.15, 0.2) is 0 Å². The lowest BCUT2D eigenvalue weighted by Gasteiger charge is -2.01. The van der Waals surface area contributed by atoms with E-state index >= 15 is 0 Å². The first kappa shape index (κ1) is 16.3. The van der Waals surface area contributed by atoms with E-state index in [-0.39, 0.29) is 18.5 Å². The van der Waals surface area contributed by atoms with Gasteiger partial charge in [-0.05, 0) is 29.8 Å². The third kappa shape index (κ3) is 9.05. The van der Waals surface area contributed by atoms with Crippen LogP contribution < -0.4 is 10.6 Å². The topological polar surface area (TPSA) is 71.1 Å². The van der Waals surface area contributed by atoms with E-state index in [1.54, 1.807) is 18.5 Å². The molecular weight excluding hydrogens is 242 g/mol. The van der Waals surface area contributed by atoms with Crippen LogP contribution in [0, 0.1) is 0 Å². The number of nitrogens with one attached hydrogen (secondary N) is 2. The summed E-state index contributed by atoms with van der Waals surface area (Å²) in [5.41, 5.74) is 1.11. The number of hydrogen-bond acceptors (Lipinski definition) is 3. The molecule has 2 amide bonds. The molecule has 0 aliphatic heterocycles. The average Bonchev–Trinajstić information content (AvgIpc) is 2.48. The molecule has 2 N–H and O–H groups in total. The fourth-order valence-electron chi connectivity index (χ4n) is 0.862. The first-order valence-corrected chi connectivity index (χ1v) is 5.47. The van der Waals surface area contributed by atoms with Gasteiger partial charge in [-0.2, -0.15) is 0 Å². The highest BCUT2D eigenvalue weighted by molar-refractivity contribution is 5.89.